The van der Waals surface area contributed by atoms with E-state index in [0.29, 0.717) is 18.1 Å². The van der Waals surface area contributed by atoms with Crippen molar-refractivity contribution in [2.24, 2.45) is 0 Å². The zero-order valence-electron chi connectivity index (χ0n) is 14.9. The third kappa shape index (κ3) is 3.57. The van der Waals surface area contributed by atoms with Gasteiger partial charge in [-0.2, -0.15) is 4.31 Å². The molecule has 1 fully saturated rings. The zero-order chi connectivity index (χ0) is 18.0. The maximum Gasteiger partial charge on any atom is 0.247 e. The molecule has 1 aliphatic heterocycles. The second kappa shape index (κ2) is 7.17. The predicted molar refractivity (Wildman–Crippen MR) is 94.1 cm³/mol. The second-order valence-corrected chi connectivity index (χ2v) is 8.36. The molecular weight excluding hydrogens is 340 g/mol. The number of hydrogen-bond donors (Lipinski definition) is 0. The van der Waals surface area contributed by atoms with Gasteiger partial charge < -0.3 is 9.26 Å². The number of methoxy groups -OCH3 is 1. The van der Waals surface area contributed by atoms with Gasteiger partial charge in [0, 0.05) is 12.6 Å². The molecular formula is C18H24N2O4S. The fourth-order valence-electron chi connectivity index (χ4n) is 3.31. The summed E-state index contributed by atoms with van der Waals surface area (Å²) in [4.78, 5) is 0.207. The van der Waals surface area contributed by atoms with Crippen LogP contribution in [0.3, 0.4) is 0 Å². The molecule has 6 nitrogen and oxygen atoms in total. The normalized spacial score (nSPS) is 19.6. The molecule has 1 atom stereocenters. The van der Waals surface area contributed by atoms with Gasteiger partial charge in [0.1, 0.15) is 10.6 Å². The molecule has 0 aliphatic carbocycles. The molecule has 25 heavy (non-hydrogen) atoms. The van der Waals surface area contributed by atoms with E-state index in [0.717, 1.165) is 36.9 Å². The van der Waals surface area contributed by atoms with Crippen molar-refractivity contribution < 1.29 is 17.7 Å². The van der Waals surface area contributed by atoms with Gasteiger partial charge in [-0.25, -0.2) is 8.42 Å². The topological polar surface area (TPSA) is 72.6 Å². The Morgan fingerprint density at radius 2 is 2.00 bits per heavy atom. The first-order valence-corrected chi connectivity index (χ1v) is 9.97. The molecule has 1 aromatic carbocycles. The van der Waals surface area contributed by atoms with Gasteiger partial charge >= 0.3 is 0 Å². The molecule has 7 heteroatoms. The SMILES string of the molecule is COc1ccc(C)cc1S(=O)(=O)N1CCCCCC1c1cc(C)no1. The number of aromatic nitrogens is 1. The summed E-state index contributed by atoms with van der Waals surface area (Å²) in [5, 5.41) is 3.94. The minimum atomic E-state index is -3.72. The Morgan fingerprint density at radius 3 is 2.68 bits per heavy atom. The van der Waals surface area contributed by atoms with E-state index in [4.69, 9.17) is 9.26 Å². The molecule has 0 radical (unpaired) electrons. The van der Waals surface area contributed by atoms with Crippen molar-refractivity contribution in [2.45, 2.75) is 50.5 Å². The first kappa shape index (κ1) is 17.9. The highest BCUT2D eigenvalue weighted by Crippen LogP contribution is 2.37. The lowest BCUT2D eigenvalue weighted by Gasteiger charge is -2.28. The van der Waals surface area contributed by atoms with Gasteiger partial charge in [0.05, 0.1) is 18.8 Å². The molecule has 0 spiro atoms. The van der Waals surface area contributed by atoms with Gasteiger partial charge in [0.25, 0.3) is 0 Å². The smallest absolute Gasteiger partial charge is 0.247 e. The number of hydrogen-bond acceptors (Lipinski definition) is 5. The van der Waals surface area contributed by atoms with Gasteiger partial charge in [0.2, 0.25) is 10.0 Å². The quantitative estimate of drug-likeness (QED) is 0.829. The van der Waals surface area contributed by atoms with Crippen LogP contribution in [0.4, 0.5) is 0 Å². The van der Waals surface area contributed by atoms with Crippen molar-refractivity contribution in [3.63, 3.8) is 0 Å². The third-order valence-electron chi connectivity index (χ3n) is 4.58. The van der Waals surface area contributed by atoms with Gasteiger partial charge in [-0.05, 0) is 44.4 Å². The van der Waals surface area contributed by atoms with Gasteiger partial charge in [-0.3, -0.25) is 0 Å². The number of sulfonamides is 1. The van der Waals surface area contributed by atoms with Crippen molar-refractivity contribution >= 4 is 10.0 Å². The molecule has 1 saturated heterocycles. The average Bonchev–Trinajstić information content (AvgIpc) is 2.86. The van der Waals surface area contributed by atoms with E-state index >= 15 is 0 Å². The maximum atomic E-state index is 13.4. The molecule has 0 N–H and O–H groups in total. The Hall–Kier alpha value is -1.86. The molecule has 1 aliphatic rings. The molecule has 2 aromatic rings. The van der Waals surface area contributed by atoms with Crippen LogP contribution in [-0.2, 0) is 10.0 Å². The molecule has 0 amide bonds. The number of aryl methyl sites for hydroxylation is 2. The fourth-order valence-corrected chi connectivity index (χ4v) is 5.21. The zero-order valence-corrected chi connectivity index (χ0v) is 15.7. The highest BCUT2D eigenvalue weighted by Gasteiger charge is 2.37. The molecule has 2 heterocycles. The summed E-state index contributed by atoms with van der Waals surface area (Å²) in [6.07, 6.45) is 3.51. The van der Waals surface area contributed by atoms with Crippen molar-refractivity contribution in [1.82, 2.24) is 9.46 Å². The largest absolute Gasteiger partial charge is 0.495 e. The molecule has 0 saturated carbocycles. The number of rotatable bonds is 4. The summed E-state index contributed by atoms with van der Waals surface area (Å²) >= 11 is 0. The summed E-state index contributed by atoms with van der Waals surface area (Å²) in [7, 11) is -2.23. The van der Waals surface area contributed by atoms with Crippen LogP contribution in [0.25, 0.3) is 0 Å². The Bertz CT molecular complexity index is 845. The van der Waals surface area contributed by atoms with Gasteiger partial charge in [0.15, 0.2) is 5.76 Å². The van der Waals surface area contributed by atoms with Crippen LogP contribution >= 0.6 is 0 Å². The summed E-state index contributed by atoms with van der Waals surface area (Å²) in [5.74, 6) is 0.969. The Labute approximate surface area is 148 Å². The van der Waals surface area contributed by atoms with Crippen LogP contribution in [0.1, 0.15) is 48.7 Å². The van der Waals surface area contributed by atoms with Crippen LogP contribution < -0.4 is 4.74 Å². The van der Waals surface area contributed by atoms with Crippen LogP contribution in [-0.4, -0.2) is 31.5 Å². The predicted octanol–water partition coefficient (Wildman–Crippen LogP) is 3.61. The monoisotopic (exact) mass is 364 g/mol. The molecule has 3 rings (SSSR count). The van der Waals surface area contributed by atoms with Crippen molar-refractivity contribution in [1.29, 1.82) is 0 Å². The molecule has 0 bridgehead atoms. The summed E-state index contributed by atoms with van der Waals surface area (Å²) in [5.41, 5.74) is 1.63. The lowest BCUT2D eigenvalue weighted by atomic mass is 10.1. The third-order valence-corrected chi connectivity index (χ3v) is 6.51. The van der Waals surface area contributed by atoms with E-state index in [1.54, 1.807) is 16.4 Å². The van der Waals surface area contributed by atoms with Crippen LogP contribution in [0.5, 0.6) is 5.75 Å². The minimum Gasteiger partial charge on any atom is -0.495 e. The first-order chi connectivity index (χ1) is 11.9. The minimum absolute atomic E-state index is 0.207. The Morgan fingerprint density at radius 1 is 1.20 bits per heavy atom. The standard InChI is InChI=1S/C18H24N2O4S/c1-13-8-9-16(23-3)18(11-13)25(21,22)20-10-6-4-5-7-15(20)17-12-14(2)19-24-17/h8-9,11-12,15H,4-7,10H2,1-3H3. The first-order valence-electron chi connectivity index (χ1n) is 8.53. The molecule has 1 aromatic heterocycles. The van der Waals surface area contributed by atoms with E-state index in [9.17, 15) is 8.42 Å². The summed E-state index contributed by atoms with van der Waals surface area (Å²) < 4.78 is 39.2. The Kier molecular flexibility index (Phi) is 5.15. The van der Waals surface area contributed by atoms with Crippen molar-refractivity contribution in [3.05, 3.63) is 41.3 Å². The Balaban J connectivity index is 2.08. The van der Waals surface area contributed by atoms with E-state index in [1.165, 1.54) is 7.11 Å². The van der Waals surface area contributed by atoms with Gasteiger partial charge in [-0.15, -0.1) is 0 Å². The lowest BCUT2D eigenvalue weighted by molar-refractivity contribution is 0.257. The van der Waals surface area contributed by atoms with E-state index < -0.39 is 10.0 Å². The van der Waals surface area contributed by atoms with E-state index in [2.05, 4.69) is 5.16 Å². The second-order valence-electron chi connectivity index (χ2n) is 6.51. The van der Waals surface area contributed by atoms with Crippen molar-refractivity contribution in [2.75, 3.05) is 13.7 Å². The van der Waals surface area contributed by atoms with Crippen LogP contribution in [0, 0.1) is 13.8 Å². The lowest BCUT2D eigenvalue weighted by Crippen LogP contribution is -2.35. The summed E-state index contributed by atoms with van der Waals surface area (Å²) in [6, 6.07) is 6.71. The number of benzene rings is 1. The van der Waals surface area contributed by atoms with E-state index in [1.807, 2.05) is 26.0 Å². The fraction of sp³-hybridized carbons (Fsp3) is 0.500. The van der Waals surface area contributed by atoms with Crippen LogP contribution in [0.15, 0.2) is 33.7 Å². The molecule has 1 unspecified atom stereocenters. The average molecular weight is 364 g/mol. The summed E-state index contributed by atoms with van der Waals surface area (Å²) in [6.45, 7) is 4.17. The highest BCUT2D eigenvalue weighted by atomic mass is 32.2. The molecule has 136 valence electrons. The number of nitrogens with zero attached hydrogens (tertiary/aromatic N) is 2. The van der Waals surface area contributed by atoms with Crippen LogP contribution in [0.2, 0.25) is 0 Å². The maximum absolute atomic E-state index is 13.4. The highest BCUT2D eigenvalue weighted by molar-refractivity contribution is 7.89. The van der Waals surface area contributed by atoms with Gasteiger partial charge in [-0.1, -0.05) is 24.1 Å². The number of ether oxygens (including phenoxy) is 1. The van der Waals surface area contributed by atoms with Crippen molar-refractivity contribution in [3.8, 4) is 5.75 Å². The van der Waals surface area contributed by atoms with E-state index in [-0.39, 0.29) is 10.9 Å².